The molecule has 15 heteroatoms. The van der Waals surface area contributed by atoms with Crippen LogP contribution in [0.5, 0.6) is 5.88 Å². The van der Waals surface area contributed by atoms with Gasteiger partial charge in [0.05, 0.1) is 51.6 Å². The third-order valence-corrected chi connectivity index (χ3v) is 9.02. The van der Waals surface area contributed by atoms with Gasteiger partial charge in [-0.3, -0.25) is 13.9 Å². The highest BCUT2D eigenvalue weighted by Gasteiger charge is 2.36. The zero-order chi connectivity index (χ0) is 30.5. The summed E-state index contributed by atoms with van der Waals surface area (Å²) >= 11 is 0. The van der Waals surface area contributed by atoms with Crippen LogP contribution in [0.3, 0.4) is 0 Å². The third-order valence-electron chi connectivity index (χ3n) is 7.37. The van der Waals surface area contributed by atoms with Crippen LogP contribution < -0.4 is 15.7 Å². The number of carbonyl (C=O) groups is 1. The number of benzene rings is 1. The average molecular weight is 603 g/mol. The summed E-state index contributed by atoms with van der Waals surface area (Å²) in [4.78, 5) is 30.5. The molecule has 224 valence electrons. The van der Waals surface area contributed by atoms with E-state index in [0.717, 1.165) is 27.3 Å². The number of hydrogen-bond donors (Lipinski definition) is 2. The Balaban J connectivity index is 1.87. The fraction of sp³-hybridized carbons (Fsp3) is 0.500. The van der Waals surface area contributed by atoms with Gasteiger partial charge in [0.15, 0.2) is 12.4 Å². The molecule has 1 unspecified atom stereocenters. The quantitative estimate of drug-likeness (QED) is 0.379. The maximum atomic E-state index is 15.5. The molecule has 10 nitrogen and oxygen atoms in total. The number of carbonyl (C=O) groups excluding carboxylic acids is 1. The van der Waals surface area contributed by atoms with Crippen molar-refractivity contribution in [2.24, 2.45) is 0 Å². The molecule has 0 bridgehead atoms. The van der Waals surface area contributed by atoms with Crippen LogP contribution in [0.2, 0.25) is 0 Å². The first kappa shape index (κ1) is 30.5. The summed E-state index contributed by atoms with van der Waals surface area (Å²) < 4.78 is 86.1. The van der Waals surface area contributed by atoms with Crippen molar-refractivity contribution in [3.63, 3.8) is 0 Å². The van der Waals surface area contributed by atoms with E-state index in [1.807, 2.05) is 0 Å². The van der Waals surface area contributed by atoms with Crippen LogP contribution >= 0.6 is 0 Å². The number of aromatic nitrogens is 3. The van der Waals surface area contributed by atoms with Gasteiger partial charge in [-0.25, -0.2) is 35.8 Å². The van der Waals surface area contributed by atoms with E-state index in [0.29, 0.717) is 6.20 Å². The SMILES string of the molecule is CC(n1c(=O)n(-c2cc(OCC(F)F)ncc2F)c2cc(F)c(C(=O)NC3(C)CCS(=O)(=O)CC3)cc21)C(C)(C)O. The van der Waals surface area contributed by atoms with Crippen molar-refractivity contribution in [2.45, 2.75) is 64.1 Å². The number of pyridine rings is 1. The molecular weight excluding hydrogens is 572 g/mol. The zero-order valence-electron chi connectivity index (χ0n) is 22.7. The summed E-state index contributed by atoms with van der Waals surface area (Å²) in [6.07, 6.45) is -1.94. The van der Waals surface area contributed by atoms with E-state index in [4.69, 9.17) is 4.74 Å². The van der Waals surface area contributed by atoms with Gasteiger partial charge in [-0.15, -0.1) is 0 Å². The first-order valence-electron chi connectivity index (χ1n) is 12.7. The van der Waals surface area contributed by atoms with Crippen LogP contribution in [-0.2, 0) is 9.84 Å². The van der Waals surface area contributed by atoms with Gasteiger partial charge in [0.1, 0.15) is 15.7 Å². The molecule has 3 aromatic rings. The minimum atomic E-state index is -3.23. The molecule has 1 atom stereocenters. The smallest absolute Gasteiger partial charge is 0.334 e. The monoisotopic (exact) mass is 602 g/mol. The summed E-state index contributed by atoms with van der Waals surface area (Å²) in [6, 6.07) is 1.89. The Labute approximate surface area is 232 Å². The van der Waals surface area contributed by atoms with Gasteiger partial charge in [0.25, 0.3) is 12.3 Å². The van der Waals surface area contributed by atoms with E-state index >= 15 is 4.39 Å². The topological polar surface area (TPSA) is 133 Å². The number of nitrogens with zero attached hydrogens (tertiary/aromatic N) is 3. The predicted octanol–water partition coefficient (Wildman–Crippen LogP) is 3.14. The van der Waals surface area contributed by atoms with Crippen molar-refractivity contribution in [1.29, 1.82) is 0 Å². The molecule has 1 aliphatic rings. The maximum absolute atomic E-state index is 15.5. The standard InChI is InChI=1S/C26H30F4N4O6S/c1-14(25(2,3)37)33-19-9-15(23(35)32-26(4)5-7-41(38,39)8-6-26)16(27)10-20(19)34(24(33)36)18-11-22(31-12-17(18)28)40-13-21(29)30/h9-12,14,21,37H,5-8,13H2,1-4H3,(H,32,35). The number of ether oxygens (including phenoxy) is 1. The largest absolute Gasteiger partial charge is 0.472 e. The van der Waals surface area contributed by atoms with E-state index in [1.54, 1.807) is 6.92 Å². The summed E-state index contributed by atoms with van der Waals surface area (Å²) in [6.45, 7) is 4.95. The molecule has 0 spiro atoms. The molecule has 0 radical (unpaired) electrons. The molecule has 4 rings (SSSR count). The molecule has 3 heterocycles. The van der Waals surface area contributed by atoms with Crippen LogP contribution in [0.4, 0.5) is 17.6 Å². The van der Waals surface area contributed by atoms with Crippen LogP contribution in [-0.4, -0.2) is 69.2 Å². The number of aliphatic hydroxyl groups is 1. The third kappa shape index (κ3) is 6.25. The Morgan fingerprint density at radius 2 is 1.80 bits per heavy atom. The van der Waals surface area contributed by atoms with Crippen molar-refractivity contribution in [3.05, 3.63) is 52.1 Å². The molecule has 1 fully saturated rings. The molecule has 1 saturated heterocycles. The molecule has 0 saturated carbocycles. The van der Waals surface area contributed by atoms with Crippen LogP contribution in [0.1, 0.15) is 56.9 Å². The number of imidazole rings is 1. The van der Waals surface area contributed by atoms with Crippen molar-refractivity contribution < 1.29 is 40.6 Å². The van der Waals surface area contributed by atoms with Crippen LogP contribution in [0, 0.1) is 11.6 Å². The highest BCUT2D eigenvalue weighted by atomic mass is 32.2. The number of fused-ring (bicyclic) bond motifs is 1. The number of halogens is 4. The summed E-state index contributed by atoms with van der Waals surface area (Å²) in [5, 5.41) is 13.4. The van der Waals surface area contributed by atoms with Crippen molar-refractivity contribution in [3.8, 4) is 11.6 Å². The number of hydrogen-bond acceptors (Lipinski definition) is 7. The number of sulfone groups is 1. The summed E-state index contributed by atoms with van der Waals surface area (Å²) in [5.41, 5.74) is -4.50. The Kier molecular flexibility index (Phi) is 7.99. The van der Waals surface area contributed by atoms with E-state index in [2.05, 4.69) is 10.3 Å². The fourth-order valence-corrected chi connectivity index (χ4v) is 6.32. The van der Waals surface area contributed by atoms with Gasteiger partial charge >= 0.3 is 5.69 Å². The molecule has 2 N–H and O–H groups in total. The van der Waals surface area contributed by atoms with Crippen molar-refractivity contribution in [2.75, 3.05) is 18.1 Å². The van der Waals surface area contributed by atoms with E-state index < -0.39 is 80.4 Å². The van der Waals surface area contributed by atoms with Crippen LogP contribution in [0.25, 0.3) is 16.7 Å². The number of amides is 1. The number of alkyl halides is 2. The highest BCUT2D eigenvalue weighted by molar-refractivity contribution is 7.91. The first-order valence-corrected chi connectivity index (χ1v) is 14.5. The van der Waals surface area contributed by atoms with E-state index in [9.17, 15) is 36.3 Å². The zero-order valence-corrected chi connectivity index (χ0v) is 23.6. The Hall–Kier alpha value is -3.46. The van der Waals surface area contributed by atoms with Gasteiger partial charge in [-0.2, -0.15) is 0 Å². The first-order chi connectivity index (χ1) is 18.9. The van der Waals surface area contributed by atoms with Crippen molar-refractivity contribution in [1.82, 2.24) is 19.4 Å². The predicted molar refractivity (Wildman–Crippen MR) is 142 cm³/mol. The molecule has 0 aliphatic carbocycles. The molecule has 1 aromatic carbocycles. The Morgan fingerprint density at radius 1 is 1.17 bits per heavy atom. The maximum Gasteiger partial charge on any atom is 0.334 e. The highest BCUT2D eigenvalue weighted by Crippen LogP contribution is 2.31. The lowest BCUT2D eigenvalue weighted by atomic mass is 9.94. The molecule has 2 aromatic heterocycles. The minimum absolute atomic E-state index is 0.0289. The van der Waals surface area contributed by atoms with Gasteiger partial charge in [0.2, 0.25) is 5.88 Å². The second-order valence-electron chi connectivity index (χ2n) is 11.0. The van der Waals surface area contributed by atoms with Gasteiger partial charge < -0.3 is 15.2 Å². The van der Waals surface area contributed by atoms with Crippen LogP contribution in [0.15, 0.2) is 29.2 Å². The summed E-state index contributed by atoms with van der Waals surface area (Å²) in [5.74, 6) is -3.66. The van der Waals surface area contributed by atoms with Gasteiger partial charge in [-0.1, -0.05) is 0 Å². The second kappa shape index (κ2) is 10.7. The minimum Gasteiger partial charge on any atom is -0.472 e. The van der Waals surface area contributed by atoms with E-state index in [-0.39, 0.29) is 35.4 Å². The average Bonchev–Trinajstić information content (AvgIpc) is 3.14. The van der Waals surface area contributed by atoms with Crippen molar-refractivity contribution >= 4 is 26.8 Å². The summed E-state index contributed by atoms with van der Waals surface area (Å²) in [7, 11) is -3.23. The Bertz CT molecular complexity index is 1650. The second-order valence-corrected chi connectivity index (χ2v) is 13.3. The van der Waals surface area contributed by atoms with Gasteiger partial charge in [-0.05, 0) is 46.6 Å². The number of rotatable bonds is 8. The lowest BCUT2D eigenvalue weighted by Crippen LogP contribution is -2.51. The Morgan fingerprint density at radius 3 is 2.39 bits per heavy atom. The lowest BCUT2D eigenvalue weighted by molar-refractivity contribution is 0.0307. The van der Waals surface area contributed by atoms with Gasteiger partial charge in [0, 0.05) is 17.7 Å². The number of nitrogens with one attached hydrogen (secondary N) is 1. The normalized spacial score (nSPS) is 17.5. The molecule has 1 amide bonds. The molecule has 41 heavy (non-hydrogen) atoms. The lowest BCUT2D eigenvalue weighted by Gasteiger charge is -2.34. The van der Waals surface area contributed by atoms with E-state index in [1.165, 1.54) is 20.8 Å². The molecular formula is C26H30F4N4O6S. The fourth-order valence-electron chi connectivity index (χ4n) is 4.60. The molecule has 1 aliphatic heterocycles.